The summed E-state index contributed by atoms with van der Waals surface area (Å²) in [4.78, 5) is 39.0. The first-order valence-corrected chi connectivity index (χ1v) is 10.8. The number of anilines is 2. The molecule has 3 aromatic rings. The summed E-state index contributed by atoms with van der Waals surface area (Å²) in [6, 6.07) is 22.0. The highest BCUT2D eigenvalue weighted by Gasteiger charge is 2.37. The van der Waals surface area contributed by atoms with Crippen LogP contribution in [0.4, 0.5) is 16.2 Å². The van der Waals surface area contributed by atoms with Gasteiger partial charge in [-0.25, -0.2) is 4.79 Å². The minimum absolute atomic E-state index is 0.221. The molecule has 7 nitrogen and oxygen atoms in total. The molecule has 1 aliphatic rings. The second-order valence-electron chi connectivity index (χ2n) is 7.74. The van der Waals surface area contributed by atoms with Crippen LogP contribution >= 0.6 is 11.6 Å². The molecule has 168 valence electrons. The Bertz CT molecular complexity index is 1190. The molecular weight excluding hydrogens is 442 g/mol. The first kappa shape index (κ1) is 22.4. The van der Waals surface area contributed by atoms with Gasteiger partial charge in [-0.3, -0.25) is 14.5 Å². The van der Waals surface area contributed by atoms with Crippen LogP contribution in [0, 0.1) is 0 Å². The van der Waals surface area contributed by atoms with Crippen molar-refractivity contribution >= 4 is 40.9 Å². The van der Waals surface area contributed by atoms with Gasteiger partial charge in [-0.1, -0.05) is 66.2 Å². The summed E-state index contributed by atoms with van der Waals surface area (Å²) >= 11 is 5.98. The lowest BCUT2D eigenvalue weighted by Crippen LogP contribution is -2.50. The van der Waals surface area contributed by atoms with Gasteiger partial charge in [0.15, 0.2) is 0 Å². The Morgan fingerprint density at radius 1 is 1.00 bits per heavy atom. The molecule has 0 fully saturated rings. The van der Waals surface area contributed by atoms with E-state index in [1.807, 2.05) is 42.5 Å². The van der Waals surface area contributed by atoms with Gasteiger partial charge in [-0.2, -0.15) is 0 Å². The molecule has 8 heteroatoms. The van der Waals surface area contributed by atoms with Crippen LogP contribution in [0.3, 0.4) is 0 Å². The van der Waals surface area contributed by atoms with Crippen molar-refractivity contribution in [2.24, 2.45) is 0 Å². The third-order valence-electron chi connectivity index (χ3n) is 5.52. The van der Waals surface area contributed by atoms with E-state index in [0.29, 0.717) is 16.4 Å². The van der Waals surface area contributed by atoms with E-state index in [2.05, 4.69) is 10.6 Å². The van der Waals surface area contributed by atoms with E-state index in [1.54, 1.807) is 36.4 Å². The Balaban J connectivity index is 1.69. The minimum atomic E-state index is -1.14. The Morgan fingerprint density at radius 2 is 1.73 bits per heavy atom. The molecule has 0 radical (unpaired) electrons. The molecule has 0 saturated carbocycles. The Kier molecular flexibility index (Phi) is 6.60. The zero-order valence-electron chi connectivity index (χ0n) is 17.6. The molecule has 3 aromatic carbocycles. The number of halogens is 1. The van der Waals surface area contributed by atoms with E-state index in [9.17, 15) is 19.5 Å². The fraction of sp³-hybridized carbons (Fsp3) is 0.160. The highest BCUT2D eigenvalue weighted by Crippen LogP contribution is 2.39. The molecule has 0 aliphatic carbocycles. The number of hydrogen-bond acceptors (Lipinski definition) is 3. The van der Waals surface area contributed by atoms with Gasteiger partial charge < -0.3 is 15.7 Å². The lowest BCUT2D eigenvalue weighted by Gasteiger charge is -2.24. The summed E-state index contributed by atoms with van der Waals surface area (Å²) < 4.78 is 0. The fourth-order valence-electron chi connectivity index (χ4n) is 4.11. The van der Waals surface area contributed by atoms with Crippen LogP contribution in [0.5, 0.6) is 0 Å². The van der Waals surface area contributed by atoms with Crippen LogP contribution < -0.4 is 15.5 Å². The maximum absolute atomic E-state index is 13.5. The molecule has 2 atom stereocenters. The predicted octanol–water partition coefficient (Wildman–Crippen LogP) is 4.48. The number of carbonyl (C=O) groups excluding carboxylic acids is 2. The highest BCUT2D eigenvalue weighted by atomic mass is 35.5. The molecular formula is C25H22ClN3O4. The number of carboxylic acid groups (broad SMARTS) is 1. The summed E-state index contributed by atoms with van der Waals surface area (Å²) in [6.07, 6.45) is 0.277. The summed E-state index contributed by atoms with van der Waals surface area (Å²) in [5.74, 6) is -1.84. The maximum atomic E-state index is 13.5. The number of para-hydroxylation sites is 1. The molecule has 2 unspecified atom stereocenters. The number of fused-ring (bicyclic) bond motifs is 1. The van der Waals surface area contributed by atoms with Crippen LogP contribution in [-0.4, -0.2) is 35.6 Å². The SMILES string of the molecule is O=C(O)CN1C(=O)C(NC(=O)Nc2cccc(Cl)c2)CC(c2ccccc2)c2ccccc21. The third-order valence-corrected chi connectivity index (χ3v) is 5.76. The average Bonchev–Trinajstić information content (AvgIpc) is 2.90. The first-order chi connectivity index (χ1) is 15.9. The topological polar surface area (TPSA) is 98.7 Å². The van der Waals surface area contributed by atoms with Gasteiger partial charge in [0, 0.05) is 22.3 Å². The molecule has 3 N–H and O–H groups in total. The number of carboxylic acids is 1. The van der Waals surface area contributed by atoms with E-state index in [1.165, 1.54) is 4.90 Å². The average molecular weight is 464 g/mol. The van der Waals surface area contributed by atoms with Gasteiger partial charge >= 0.3 is 12.0 Å². The van der Waals surface area contributed by atoms with Crippen molar-refractivity contribution in [1.29, 1.82) is 0 Å². The molecule has 0 spiro atoms. The number of nitrogens with zero attached hydrogens (tertiary/aromatic N) is 1. The van der Waals surface area contributed by atoms with Crippen molar-refractivity contribution in [1.82, 2.24) is 5.32 Å². The van der Waals surface area contributed by atoms with Crippen LogP contribution in [0.25, 0.3) is 0 Å². The van der Waals surface area contributed by atoms with Gasteiger partial charge in [0.2, 0.25) is 5.91 Å². The van der Waals surface area contributed by atoms with Crippen molar-refractivity contribution in [3.05, 3.63) is 95.0 Å². The molecule has 0 bridgehead atoms. The largest absolute Gasteiger partial charge is 0.480 e. The highest BCUT2D eigenvalue weighted by molar-refractivity contribution is 6.30. The van der Waals surface area contributed by atoms with Gasteiger partial charge in [0.25, 0.3) is 0 Å². The molecule has 1 aliphatic heterocycles. The van der Waals surface area contributed by atoms with Crippen LogP contribution in [0.15, 0.2) is 78.9 Å². The lowest BCUT2D eigenvalue weighted by atomic mass is 9.86. The number of carbonyl (C=O) groups is 3. The van der Waals surface area contributed by atoms with E-state index < -0.39 is 30.5 Å². The van der Waals surface area contributed by atoms with Gasteiger partial charge in [-0.05, 0) is 41.8 Å². The Morgan fingerprint density at radius 3 is 2.45 bits per heavy atom. The number of amides is 3. The third kappa shape index (κ3) is 5.15. The second-order valence-corrected chi connectivity index (χ2v) is 8.17. The normalized spacial score (nSPS) is 17.6. The zero-order valence-corrected chi connectivity index (χ0v) is 18.3. The van der Waals surface area contributed by atoms with Crippen LogP contribution in [0.2, 0.25) is 5.02 Å². The quantitative estimate of drug-likeness (QED) is 0.519. The Hall–Kier alpha value is -3.84. The summed E-state index contributed by atoms with van der Waals surface area (Å²) in [5.41, 5.74) is 2.81. The van der Waals surface area contributed by atoms with E-state index in [-0.39, 0.29) is 12.3 Å². The summed E-state index contributed by atoms with van der Waals surface area (Å²) in [7, 11) is 0. The number of hydrogen-bond donors (Lipinski definition) is 3. The standard InChI is InChI=1S/C25H22ClN3O4/c26-17-9-6-10-18(13-17)27-25(33)28-21-14-20(16-7-2-1-3-8-16)19-11-4-5-12-22(19)29(24(21)32)15-23(30)31/h1-13,20-21H,14-15H2,(H,30,31)(H2,27,28,33). The molecule has 1 heterocycles. The first-order valence-electron chi connectivity index (χ1n) is 10.4. The molecule has 33 heavy (non-hydrogen) atoms. The van der Waals surface area contributed by atoms with Crippen molar-refractivity contribution in [3.63, 3.8) is 0 Å². The minimum Gasteiger partial charge on any atom is -0.480 e. The Labute approximate surface area is 196 Å². The van der Waals surface area contributed by atoms with Crippen LogP contribution in [0.1, 0.15) is 23.5 Å². The van der Waals surface area contributed by atoms with E-state index in [4.69, 9.17) is 11.6 Å². The van der Waals surface area contributed by atoms with Crippen molar-refractivity contribution in [2.75, 3.05) is 16.8 Å². The molecule has 0 saturated heterocycles. The summed E-state index contributed by atoms with van der Waals surface area (Å²) in [6.45, 7) is -0.508. The van der Waals surface area contributed by atoms with Crippen LogP contribution in [-0.2, 0) is 9.59 Å². The summed E-state index contributed by atoms with van der Waals surface area (Å²) in [5, 5.41) is 15.3. The van der Waals surface area contributed by atoms with E-state index in [0.717, 1.165) is 11.1 Å². The molecule has 0 aromatic heterocycles. The number of benzene rings is 3. The number of aliphatic carboxylic acids is 1. The van der Waals surface area contributed by atoms with E-state index >= 15 is 0 Å². The second kappa shape index (κ2) is 9.75. The van der Waals surface area contributed by atoms with Gasteiger partial charge in [-0.15, -0.1) is 0 Å². The smallest absolute Gasteiger partial charge is 0.323 e. The number of nitrogens with one attached hydrogen (secondary N) is 2. The lowest BCUT2D eigenvalue weighted by molar-refractivity contribution is -0.136. The van der Waals surface area contributed by atoms with Crippen molar-refractivity contribution in [2.45, 2.75) is 18.4 Å². The van der Waals surface area contributed by atoms with Crippen molar-refractivity contribution in [3.8, 4) is 0 Å². The number of urea groups is 1. The molecule has 3 amide bonds. The number of rotatable bonds is 5. The predicted molar refractivity (Wildman–Crippen MR) is 127 cm³/mol. The zero-order chi connectivity index (χ0) is 23.4. The van der Waals surface area contributed by atoms with Gasteiger partial charge in [0.1, 0.15) is 12.6 Å². The monoisotopic (exact) mass is 463 g/mol. The maximum Gasteiger partial charge on any atom is 0.323 e. The fourth-order valence-corrected chi connectivity index (χ4v) is 4.30. The molecule has 4 rings (SSSR count). The van der Waals surface area contributed by atoms with Crippen molar-refractivity contribution < 1.29 is 19.5 Å². The van der Waals surface area contributed by atoms with Gasteiger partial charge in [0.05, 0.1) is 0 Å².